The molecule has 0 aromatic rings. The Balaban J connectivity index is 1.96. The first kappa shape index (κ1) is 10.4. The van der Waals surface area contributed by atoms with Crippen molar-refractivity contribution in [2.75, 3.05) is 6.61 Å². The summed E-state index contributed by atoms with van der Waals surface area (Å²) in [6, 6.07) is 0. The van der Waals surface area contributed by atoms with Gasteiger partial charge in [-0.05, 0) is 6.92 Å². The Morgan fingerprint density at radius 1 is 1.73 bits per heavy atom. The molecule has 0 saturated carbocycles. The van der Waals surface area contributed by atoms with Gasteiger partial charge in [-0.3, -0.25) is 5.43 Å². The molecule has 1 fully saturated rings. The number of hydrogen-bond acceptors (Lipinski definition) is 6. The average Bonchev–Trinajstić information content (AvgIpc) is 2.60. The first-order valence-corrected chi connectivity index (χ1v) is 4.90. The third kappa shape index (κ3) is 2.11. The van der Waals surface area contributed by atoms with E-state index in [4.69, 9.17) is 9.84 Å². The molecule has 2 aliphatic heterocycles. The molecular formula is C9H15N3O3. The van der Waals surface area contributed by atoms with Gasteiger partial charge in [0.1, 0.15) is 12.4 Å². The minimum absolute atomic E-state index is 0.169. The van der Waals surface area contributed by atoms with Crippen LogP contribution in [0.2, 0.25) is 0 Å². The quantitative estimate of drug-likeness (QED) is 0.558. The molecule has 2 rings (SSSR count). The number of nitrogens with one attached hydrogen (secondary N) is 1. The summed E-state index contributed by atoms with van der Waals surface area (Å²) in [4.78, 5) is 4.01. The van der Waals surface area contributed by atoms with E-state index in [1.807, 2.05) is 6.92 Å². The molecule has 2 aliphatic rings. The molecule has 0 unspecified atom stereocenters. The van der Waals surface area contributed by atoms with Crippen molar-refractivity contribution in [3.63, 3.8) is 0 Å². The van der Waals surface area contributed by atoms with Crippen molar-refractivity contribution in [2.24, 2.45) is 4.99 Å². The summed E-state index contributed by atoms with van der Waals surface area (Å²) in [5.41, 5.74) is 3.96. The highest BCUT2D eigenvalue weighted by atomic mass is 16.5. The summed E-state index contributed by atoms with van der Waals surface area (Å²) < 4.78 is 5.46. The van der Waals surface area contributed by atoms with Gasteiger partial charge in [0.15, 0.2) is 6.23 Å². The molecule has 6 nitrogen and oxygen atoms in total. The fourth-order valence-electron chi connectivity index (χ4n) is 1.67. The third-order valence-corrected chi connectivity index (χ3v) is 2.46. The lowest BCUT2D eigenvalue weighted by Gasteiger charge is -2.29. The second-order valence-corrected chi connectivity index (χ2v) is 3.71. The van der Waals surface area contributed by atoms with Crippen LogP contribution in [0.3, 0.4) is 0 Å². The Morgan fingerprint density at radius 3 is 3.13 bits per heavy atom. The van der Waals surface area contributed by atoms with Crippen LogP contribution in [-0.2, 0) is 4.74 Å². The Labute approximate surface area is 87.8 Å². The molecule has 0 amide bonds. The number of rotatable bonds is 2. The summed E-state index contributed by atoms with van der Waals surface area (Å²) in [6.45, 7) is 1.72. The highest BCUT2D eigenvalue weighted by Crippen LogP contribution is 2.22. The molecule has 15 heavy (non-hydrogen) atoms. The number of aliphatic hydroxyl groups excluding tert-OH is 2. The van der Waals surface area contributed by atoms with Crippen LogP contribution in [0.25, 0.3) is 0 Å². The minimum atomic E-state index is -0.624. The van der Waals surface area contributed by atoms with Crippen molar-refractivity contribution in [3.8, 4) is 0 Å². The van der Waals surface area contributed by atoms with Gasteiger partial charge < -0.3 is 14.9 Å². The lowest BCUT2D eigenvalue weighted by Crippen LogP contribution is -2.45. The monoisotopic (exact) mass is 213 g/mol. The van der Waals surface area contributed by atoms with Crippen molar-refractivity contribution in [1.82, 2.24) is 10.4 Å². The largest absolute Gasteiger partial charge is 0.394 e. The van der Waals surface area contributed by atoms with Crippen LogP contribution < -0.4 is 5.43 Å². The van der Waals surface area contributed by atoms with Crippen molar-refractivity contribution >= 4 is 6.34 Å². The van der Waals surface area contributed by atoms with Crippen LogP contribution >= 0.6 is 0 Å². The van der Waals surface area contributed by atoms with E-state index >= 15 is 0 Å². The molecule has 84 valence electrons. The zero-order valence-electron chi connectivity index (χ0n) is 8.50. The van der Waals surface area contributed by atoms with E-state index in [2.05, 4.69) is 10.4 Å². The highest BCUT2D eigenvalue weighted by Gasteiger charge is 2.36. The van der Waals surface area contributed by atoms with E-state index in [9.17, 15) is 5.11 Å². The third-order valence-electron chi connectivity index (χ3n) is 2.46. The van der Waals surface area contributed by atoms with Gasteiger partial charge in [-0.15, -0.1) is 0 Å². The average molecular weight is 213 g/mol. The van der Waals surface area contributed by atoms with Gasteiger partial charge in [0.2, 0.25) is 0 Å². The predicted octanol–water partition coefficient (Wildman–Crippen LogP) is -0.836. The van der Waals surface area contributed by atoms with Crippen LogP contribution in [0, 0.1) is 0 Å². The minimum Gasteiger partial charge on any atom is -0.394 e. The lowest BCUT2D eigenvalue weighted by molar-refractivity contribution is -0.0659. The summed E-state index contributed by atoms with van der Waals surface area (Å²) in [5, 5.41) is 20.2. The number of ether oxygens (including phenoxy) is 1. The molecule has 0 bridgehead atoms. The lowest BCUT2D eigenvalue weighted by atomic mass is 10.2. The maximum Gasteiger partial charge on any atom is 0.152 e. The number of aliphatic hydroxyl groups is 2. The molecule has 0 radical (unpaired) electrons. The van der Waals surface area contributed by atoms with E-state index in [0.717, 1.165) is 5.70 Å². The van der Waals surface area contributed by atoms with Gasteiger partial charge in [-0.1, -0.05) is 0 Å². The molecule has 0 spiro atoms. The SMILES string of the molecule is CC1=CN=CN([C@H]2C[C@H](O)[C@@H](CO)O2)N1. The van der Waals surface area contributed by atoms with Gasteiger partial charge in [-0.25, -0.2) is 10.0 Å². The van der Waals surface area contributed by atoms with Gasteiger partial charge in [0, 0.05) is 18.3 Å². The Bertz CT molecular complexity index is 292. The standard InChI is InChI=1S/C9H15N3O3/c1-6-3-10-5-12(11-6)9-2-7(14)8(4-13)15-9/h3,5,7-9,11,13-14H,2,4H2,1H3/t7-,8+,9+/m0/s1. The number of allylic oxidation sites excluding steroid dienone is 1. The van der Waals surface area contributed by atoms with Gasteiger partial charge in [0.25, 0.3) is 0 Å². The first-order chi connectivity index (χ1) is 7.20. The van der Waals surface area contributed by atoms with E-state index in [0.29, 0.717) is 6.42 Å². The number of aliphatic imine (C=N–C) groups is 1. The molecule has 0 aromatic carbocycles. The van der Waals surface area contributed by atoms with E-state index in [1.165, 1.54) is 0 Å². The van der Waals surface area contributed by atoms with Crippen LogP contribution in [0.1, 0.15) is 13.3 Å². The van der Waals surface area contributed by atoms with Crippen molar-refractivity contribution in [3.05, 3.63) is 11.9 Å². The zero-order chi connectivity index (χ0) is 10.8. The fourth-order valence-corrected chi connectivity index (χ4v) is 1.67. The Kier molecular flexibility index (Phi) is 2.90. The molecule has 6 heteroatoms. The molecule has 0 aromatic heterocycles. The van der Waals surface area contributed by atoms with Crippen LogP contribution in [-0.4, -0.2) is 46.6 Å². The molecule has 2 heterocycles. The predicted molar refractivity (Wildman–Crippen MR) is 53.6 cm³/mol. The number of nitrogens with zero attached hydrogens (tertiary/aromatic N) is 2. The van der Waals surface area contributed by atoms with Crippen LogP contribution in [0.15, 0.2) is 16.9 Å². The Morgan fingerprint density at radius 2 is 2.53 bits per heavy atom. The highest BCUT2D eigenvalue weighted by molar-refractivity contribution is 5.57. The van der Waals surface area contributed by atoms with Crippen molar-refractivity contribution in [1.29, 1.82) is 0 Å². The van der Waals surface area contributed by atoms with Crippen molar-refractivity contribution < 1.29 is 14.9 Å². The smallest absolute Gasteiger partial charge is 0.152 e. The number of hydrogen-bond donors (Lipinski definition) is 3. The molecule has 3 atom stereocenters. The normalized spacial score (nSPS) is 35.3. The molecular weight excluding hydrogens is 198 g/mol. The van der Waals surface area contributed by atoms with Crippen LogP contribution in [0.4, 0.5) is 0 Å². The summed E-state index contributed by atoms with van der Waals surface area (Å²) >= 11 is 0. The van der Waals surface area contributed by atoms with Crippen molar-refractivity contribution in [2.45, 2.75) is 31.8 Å². The molecule has 0 aliphatic carbocycles. The second-order valence-electron chi connectivity index (χ2n) is 3.71. The summed E-state index contributed by atoms with van der Waals surface area (Å²) in [5.74, 6) is 0. The van der Waals surface area contributed by atoms with Gasteiger partial charge >= 0.3 is 0 Å². The topological polar surface area (TPSA) is 77.3 Å². The van der Waals surface area contributed by atoms with E-state index < -0.39 is 12.2 Å². The van der Waals surface area contributed by atoms with Gasteiger partial charge in [0.05, 0.1) is 12.7 Å². The zero-order valence-corrected chi connectivity index (χ0v) is 8.50. The van der Waals surface area contributed by atoms with Gasteiger partial charge in [-0.2, -0.15) is 0 Å². The fraction of sp³-hybridized carbons (Fsp3) is 0.667. The molecule has 1 saturated heterocycles. The maximum absolute atomic E-state index is 9.56. The summed E-state index contributed by atoms with van der Waals surface area (Å²) in [7, 11) is 0. The maximum atomic E-state index is 9.56. The Hall–Kier alpha value is -1.11. The van der Waals surface area contributed by atoms with Crippen LogP contribution in [0.5, 0.6) is 0 Å². The first-order valence-electron chi connectivity index (χ1n) is 4.90. The van der Waals surface area contributed by atoms with E-state index in [-0.39, 0.29) is 12.8 Å². The molecule has 3 N–H and O–H groups in total. The number of hydrazine groups is 1. The second kappa shape index (κ2) is 4.18. The van der Waals surface area contributed by atoms with E-state index in [1.54, 1.807) is 17.5 Å². The summed E-state index contributed by atoms with van der Waals surface area (Å²) in [6.07, 6.45) is 2.34.